The van der Waals surface area contributed by atoms with Gasteiger partial charge in [-0.25, -0.2) is 9.78 Å². The number of benzene rings is 1. The van der Waals surface area contributed by atoms with Crippen LogP contribution in [-0.2, 0) is 0 Å². The summed E-state index contributed by atoms with van der Waals surface area (Å²) in [7, 11) is 0. The summed E-state index contributed by atoms with van der Waals surface area (Å²) in [6, 6.07) is 12.5. The highest BCUT2D eigenvalue weighted by atomic mass is 16.4. The van der Waals surface area contributed by atoms with Crippen LogP contribution in [-0.4, -0.2) is 27.6 Å². The maximum atomic E-state index is 11.9. The van der Waals surface area contributed by atoms with Crippen LogP contribution in [0.5, 0.6) is 0 Å². The summed E-state index contributed by atoms with van der Waals surface area (Å²) in [6.45, 7) is 0. The van der Waals surface area contributed by atoms with Crippen molar-refractivity contribution in [1.82, 2.24) is 4.98 Å². The summed E-state index contributed by atoms with van der Waals surface area (Å²) in [5.74, 6) is -2.03. The molecule has 20 heavy (non-hydrogen) atoms. The molecule has 0 spiro atoms. The number of hydrogen-bond donors (Lipinski definition) is 1. The van der Waals surface area contributed by atoms with Crippen LogP contribution in [0.2, 0.25) is 0 Å². The number of pyridine rings is 1. The Kier molecular flexibility index (Phi) is 4.00. The first-order chi connectivity index (χ1) is 9.58. The predicted molar refractivity (Wildman–Crippen MR) is 70.9 cm³/mol. The van der Waals surface area contributed by atoms with Crippen LogP contribution < -0.4 is 0 Å². The van der Waals surface area contributed by atoms with Crippen LogP contribution in [0.1, 0.15) is 37.8 Å². The number of carbonyl (C=O) groups is 3. The molecule has 0 aliphatic heterocycles. The normalized spacial score (nSPS) is 10.0. The molecule has 0 unspecified atom stereocenters. The number of aromatic carboxylic acids is 1. The SMILES string of the molecule is O=C(CC(=O)c1cccc(C(=O)O)n1)c1ccccc1. The van der Waals surface area contributed by atoms with Crippen LogP contribution in [0.25, 0.3) is 0 Å². The van der Waals surface area contributed by atoms with E-state index in [4.69, 9.17) is 5.11 Å². The zero-order valence-corrected chi connectivity index (χ0v) is 10.4. The van der Waals surface area contributed by atoms with Crippen LogP contribution in [0.4, 0.5) is 0 Å². The fourth-order valence-electron chi connectivity index (χ4n) is 1.67. The molecule has 0 atom stereocenters. The highest BCUT2D eigenvalue weighted by molar-refractivity contribution is 6.13. The van der Waals surface area contributed by atoms with Crippen LogP contribution in [0.15, 0.2) is 48.5 Å². The first kappa shape index (κ1) is 13.6. The van der Waals surface area contributed by atoms with Gasteiger partial charge in [-0.3, -0.25) is 9.59 Å². The van der Waals surface area contributed by atoms with E-state index in [9.17, 15) is 14.4 Å². The number of Topliss-reactive ketones (excluding diaryl/α,β-unsaturated/α-hetero) is 2. The van der Waals surface area contributed by atoms with Gasteiger partial charge < -0.3 is 5.11 Å². The van der Waals surface area contributed by atoms with E-state index in [2.05, 4.69) is 4.98 Å². The summed E-state index contributed by atoms with van der Waals surface area (Å²) < 4.78 is 0. The third kappa shape index (κ3) is 3.14. The molecule has 0 amide bonds. The lowest BCUT2D eigenvalue weighted by atomic mass is 10.0. The van der Waals surface area contributed by atoms with E-state index in [1.54, 1.807) is 30.3 Å². The van der Waals surface area contributed by atoms with Crippen molar-refractivity contribution in [2.24, 2.45) is 0 Å². The Balaban J connectivity index is 2.15. The topological polar surface area (TPSA) is 84.3 Å². The average molecular weight is 269 g/mol. The van der Waals surface area contributed by atoms with Gasteiger partial charge in [-0.15, -0.1) is 0 Å². The van der Waals surface area contributed by atoms with Crippen molar-refractivity contribution in [3.05, 3.63) is 65.5 Å². The Hall–Kier alpha value is -2.82. The molecule has 0 radical (unpaired) electrons. The van der Waals surface area contributed by atoms with E-state index >= 15 is 0 Å². The third-order valence-electron chi connectivity index (χ3n) is 2.67. The minimum absolute atomic E-state index is 0.0193. The van der Waals surface area contributed by atoms with Crippen molar-refractivity contribution in [1.29, 1.82) is 0 Å². The molecule has 0 bridgehead atoms. The maximum absolute atomic E-state index is 11.9. The van der Waals surface area contributed by atoms with E-state index in [1.807, 2.05) is 0 Å². The van der Waals surface area contributed by atoms with Crippen molar-refractivity contribution in [2.75, 3.05) is 0 Å². The van der Waals surface area contributed by atoms with Crippen molar-refractivity contribution in [3.63, 3.8) is 0 Å². The van der Waals surface area contributed by atoms with Gasteiger partial charge in [0.1, 0.15) is 11.4 Å². The summed E-state index contributed by atoms with van der Waals surface area (Å²) in [4.78, 5) is 38.3. The maximum Gasteiger partial charge on any atom is 0.354 e. The van der Waals surface area contributed by atoms with Gasteiger partial charge in [0.25, 0.3) is 0 Å². The number of carboxylic acid groups (broad SMARTS) is 1. The molecule has 1 aromatic heterocycles. The summed E-state index contributed by atoms with van der Waals surface area (Å²) in [6.07, 6.45) is -0.333. The fourth-order valence-corrected chi connectivity index (χ4v) is 1.67. The van der Waals surface area contributed by atoms with Gasteiger partial charge in [-0.05, 0) is 12.1 Å². The molecule has 100 valence electrons. The third-order valence-corrected chi connectivity index (χ3v) is 2.67. The first-order valence-electron chi connectivity index (χ1n) is 5.90. The van der Waals surface area contributed by atoms with Gasteiger partial charge in [0.15, 0.2) is 11.6 Å². The summed E-state index contributed by atoms with van der Waals surface area (Å²) >= 11 is 0. The highest BCUT2D eigenvalue weighted by Crippen LogP contribution is 2.08. The zero-order valence-electron chi connectivity index (χ0n) is 10.4. The Morgan fingerprint density at radius 3 is 2.15 bits per heavy atom. The highest BCUT2D eigenvalue weighted by Gasteiger charge is 2.16. The number of carboxylic acids is 1. The molecule has 0 saturated carbocycles. The van der Waals surface area contributed by atoms with E-state index in [0.717, 1.165) is 0 Å². The van der Waals surface area contributed by atoms with Gasteiger partial charge in [0, 0.05) is 5.56 Å². The molecule has 0 aliphatic carbocycles. The average Bonchev–Trinajstić information content (AvgIpc) is 2.48. The van der Waals surface area contributed by atoms with E-state index in [1.165, 1.54) is 18.2 Å². The molecule has 1 N–H and O–H groups in total. The molecule has 0 saturated heterocycles. The summed E-state index contributed by atoms with van der Waals surface area (Å²) in [5, 5.41) is 8.81. The Bertz CT molecular complexity index is 665. The van der Waals surface area contributed by atoms with Gasteiger partial charge in [-0.2, -0.15) is 0 Å². The second-order valence-corrected chi connectivity index (χ2v) is 4.10. The smallest absolute Gasteiger partial charge is 0.354 e. The fraction of sp³-hybridized carbons (Fsp3) is 0.0667. The quantitative estimate of drug-likeness (QED) is 0.664. The second-order valence-electron chi connectivity index (χ2n) is 4.10. The first-order valence-corrected chi connectivity index (χ1v) is 5.90. The summed E-state index contributed by atoms with van der Waals surface area (Å²) in [5.41, 5.74) is 0.201. The molecular weight excluding hydrogens is 258 g/mol. The lowest BCUT2D eigenvalue weighted by Crippen LogP contribution is -2.12. The minimum Gasteiger partial charge on any atom is -0.477 e. The number of hydrogen-bond acceptors (Lipinski definition) is 4. The van der Waals surface area contributed by atoms with Crippen molar-refractivity contribution in [2.45, 2.75) is 6.42 Å². The van der Waals surface area contributed by atoms with Crippen molar-refractivity contribution in [3.8, 4) is 0 Å². The van der Waals surface area contributed by atoms with Crippen LogP contribution in [0.3, 0.4) is 0 Å². The zero-order chi connectivity index (χ0) is 14.5. The minimum atomic E-state index is -1.21. The standard InChI is InChI=1S/C15H11NO4/c17-13(10-5-2-1-3-6-10)9-14(18)11-7-4-8-12(16-11)15(19)20/h1-8H,9H2,(H,19,20). The Morgan fingerprint density at radius 1 is 0.850 bits per heavy atom. The Morgan fingerprint density at radius 2 is 1.50 bits per heavy atom. The van der Waals surface area contributed by atoms with E-state index in [-0.39, 0.29) is 23.6 Å². The lowest BCUT2D eigenvalue weighted by Gasteiger charge is -2.01. The number of ketones is 2. The largest absolute Gasteiger partial charge is 0.477 e. The van der Waals surface area contributed by atoms with E-state index < -0.39 is 11.8 Å². The molecule has 1 aromatic carbocycles. The van der Waals surface area contributed by atoms with Gasteiger partial charge in [0.2, 0.25) is 0 Å². The Labute approximate surface area is 114 Å². The number of nitrogens with zero attached hydrogens (tertiary/aromatic N) is 1. The van der Waals surface area contributed by atoms with E-state index in [0.29, 0.717) is 5.56 Å². The van der Waals surface area contributed by atoms with Crippen molar-refractivity contribution >= 4 is 17.5 Å². The second kappa shape index (κ2) is 5.88. The number of aromatic nitrogens is 1. The predicted octanol–water partition coefficient (Wildman–Crippen LogP) is 2.24. The van der Waals surface area contributed by atoms with Crippen molar-refractivity contribution < 1.29 is 19.5 Å². The molecule has 1 heterocycles. The molecule has 2 aromatic rings. The molecule has 5 heteroatoms. The molecular formula is C15H11NO4. The van der Waals surface area contributed by atoms with Gasteiger partial charge in [0.05, 0.1) is 6.42 Å². The van der Waals surface area contributed by atoms with Gasteiger partial charge >= 0.3 is 5.97 Å². The molecule has 2 rings (SSSR count). The van der Waals surface area contributed by atoms with Crippen LogP contribution in [0, 0.1) is 0 Å². The number of rotatable bonds is 5. The van der Waals surface area contributed by atoms with Gasteiger partial charge in [-0.1, -0.05) is 36.4 Å². The number of carbonyl (C=O) groups excluding carboxylic acids is 2. The van der Waals surface area contributed by atoms with Crippen LogP contribution >= 0.6 is 0 Å². The monoisotopic (exact) mass is 269 g/mol. The molecule has 5 nitrogen and oxygen atoms in total. The molecule has 0 fully saturated rings. The lowest BCUT2D eigenvalue weighted by molar-refractivity contribution is 0.0690. The molecule has 0 aliphatic rings.